The van der Waals surface area contributed by atoms with E-state index in [2.05, 4.69) is 20.8 Å². The van der Waals surface area contributed by atoms with Gasteiger partial charge in [0.1, 0.15) is 5.82 Å². The predicted molar refractivity (Wildman–Crippen MR) is 59.6 cm³/mol. The van der Waals surface area contributed by atoms with Gasteiger partial charge in [-0.2, -0.15) is 0 Å². The van der Waals surface area contributed by atoms with Crippen LogP contribution in [0.1, 0.15) is 20.8 Å². The first-order chi connectivity index (χ1) is 6.32. The first-order valence-corrected chi connectivity index (χ1v) is 4.89. The Morgan fingerprint density at radius 1 is 1.29 bits per heavy atom. The molecule has 0 aromatic heterocycles. The zero-order chi connectivity index (χ0) is 10.9. The first-order valence-electron chi connectivity index (χ1n) is 4.51. The summed E-state index contributed by atoms with van der Waals surface area (Å²) in [6.07, 6.45) is 0. The van der Waals surface area contributed by atoms with Crippen molar-refractivity contribution in [3.8, 4) is 0 Å². The highest BCUT2D eigenvalue weighted by atomic mass is 35.5. The van der Waals surface area contributed by atoms with Gasteiger partial charge < -0.3 is 4.90 Å². The van der Waals surface area contributed by atoms with E-state index in [1.165, 1.54) is 6.07 Å². The monoisotopic (exact) mass is 215 g/mol. The zero-order valence-electron chi connectivity index (χ0n) is 8.94. The molecule has 1 aromatic rings. The Bertz CT molecular complexity index is 331. The lowest BCUT2D eigenvalue weighted by atomic mass is 10.1. The highest BCUT2D eigenvalue weighted by Crippen LogP contribution is 2.25. The summed E-state index contributed by atoms with van der Waals surface area (Å²) in [6.45, 7) is 6.21. The summed E-state index contributed by atoms with van der Waals surface area (Å²) < 4.78 is 13.2. The van der Waals surface area contributed by atoms with E-state index in [0.29, 0.717) is 0 Å². The van der Waals surface area contributed by atoms with Gasteiger partial charge in [-0.15, -0.1) is 0 Å². The van der Waals surface area contributed by atoms with Crippen molar-refractivity contribution in [1.29, 1.82) is 0 Å². The van der Waals surface area contributed by atoms with Gasteiger partial charge in [-0.25, -0.2) is 4.39 Å². The van der Waals surface area contributed by atoms with Crippen LogP contribution >= 0.6 is 11.6 Å². The van der Waals surface area contributed by atoms with E-state index >= 15 is 0 Å². The molecule has 14 heavy (non-hydrogen) atoms. The standard InChI is InChI=1S/C11H15ClFN/c1-11(2,3)14(4)8-5-6-9(12)10(13)7-8/h5-7H,1-4H3. The molecule has 0 fully saturated rings. The third-order valence-corrected chi connectivity index (χ3v) is 2.60. The molecule has 0 heterocycles. The molecule has 0 unspecified atom stereocenters. The van der Waals surface area contributed by atoms with Crippen molar-refractivity contribution in [3.05, 3.63) is 29.0 Å². The Morgan fingerprint density at radius 2 is 1.86 bits per heavy atom. The van der Waals surface area contributed by atoms with Crippen LogP contribution in [0.2, 0.25) is 5.02 Å². The Kier molecular flexibility index (Phi) is 3.05. The van der Waals surface area contributed by atoms with Crippen molar-refractivity contribution < 1.29 is 4.39 Å². The molecule has 0 saturated heterocycles. The summed E-state index contributed by atoms with van der Waals surface area (Å²) in [7, 11) is 1.93. The molecule has 0 bridgehead atoms. The van der Waals surface area contributed by atoms with Gasteiger partial charge in [0.2, 0.25) is 0 Å². The molecule has 0 saturated carbocycles. The number of rotatable bonds is 1. The molecule has 78 valence electrons. The molecule has 0 amide bonds. The largest absolute Gasteiger partial charge is 0.370 e. The molecular weight excluding hydrogens is 201 g/mol. The minimum absolute atomic E-state index is 0.0275. The third-order valence-electron chi connectivity index (χ3n) is 2.30. The van der Waals surface area contributed by atoms with E-state index in [1.807, 2.05) is 18.0 Å². The topological polar surface area (TPSA) is 3.24 Å². The lowest BCUT2D eigenvalue weighted by molar-refractivity contribution is 0.536. The van der Waals surface area contributed by atoms with Crippen molar-refractivity contribution in [1.82, 2.24) is 0 Å². The average Bonchev–Trinajstić information content (AvgIpc) is 2.07. The number of nitrogens with zero attached hydrogens (tertiary/aromatic N) is 1. The summed E-state index contributed by atoms with van der Waals surface area (Å²) in [5.74, 6) is -0.375. The van der Waals surface area contributed by atoms with Gasteiger partial charge in [0.25, 0.3) is 0 Å². The van der Waals surface area contributed by atoms with Crippen LogP contribution in [0, 0.1) is 5.82 Å². The van der Waals surface area contributed by atoms with Crippen LogP contribution in [0.3, 0.4) is 0 Å². The summed E-state index contributed by atoms with van der Waals surface area (Å²) in [5, 5.41) is 0.163. The molecule has 0 aliphatic rings. The Balaban J connectivity index is 3.03. The quantitative estimate of drug-likeness (QED) is 0.690. The summed E-state index contributed by atoms with van der Waals surface area (Å²) in [6, 6.07) is 4.85. The van der Waals surface area contributed by atoms with E-state index in [-0.39, 0.29) is 16.4 Å². The molecule has 1 aromatic carbocycles. The fourth-order valence-electron chi connectivity index (χ4n) is 1.08. The molecule has 0 aliphatic carbocycles. The van der Waals surface area contributed by atoms with E-state index < -0.39 is 0 Å². The van der Waals surface area contributed by atoms with Crippen molar-refractivity contribution in [2.45, 2.75) is 26.3 Å². The molecule has 0 spiro atoms. The highest BCUT2D eigenvalue weighted by Gasteiger charge is 2.18. The summed E-state index contributed by atoms with van der Waals surface area (Å²) >= 11 is 5.61. The fraction of sp³-hybridized carbons (Fsp3) is 0.455. The van der Waals surface area contributed by atoms with E-state index in [1.54, 1.807) is 6.07 Å². The molecule has 0 radical (unpaired) electrons. The number of hydrogen-bond donors (Lipinski definition) is 0. The lowest BCUT2D eigenvalue weighted by Crippen LogP contribution is -2.38. The number of hydrogen-bond acceptors (Lipinski definition) is 1. The molecular formula is C11H15ClFN. The first kappa shape index (κ1) is 11.3. The molecule has 1 nitrogen and oxygen atoms in total. The van der Waals surface area contributed by atoms with Gasteiger partial charge in [0, 0.05) is 18.3 Å². The van der Waals surface area contributed by atoms with E-state index in [4.69, 9.17) is 11.6 Å². The Labute approximate surface area is 89.5 Å². The van der Waals surface area contributed by atoms with Crippen molar-refractivity contribution in [2.24, 2.45) is 0 Å². The second kappa shape index (κ2) is 3.77. The van der Waals surface area contributed by atoms with Crippen molar-refractivity contribution in [2.75, 3.05) is 11.9 Å². The maximum Gasteiger partial charge on any atom is 0.143 e. The second-order valence-corrected chi connectivity index (χ2v) is 4.74. The van der Waals surface area contributed by atoms with Crippen LogP contribution < -0.4 is 4.90 Å². The minimum atomic E-state index is -0.375. The van der Waals surface area contributed by atoms with Crippen molar-refractivity contribution >= 4 is 17.3 Å². The maximum atomic E-state index is 13.2. The fourth-order valence-corrected chi connectivity index (χ4v) is 1.20. The molecule has 0 N–H and O–H groups in total. The molecule has 3 heteroatoms. The van der Waals surface area contributed by atoms with Gasteiger partial charge in [0.15, 0.2) is 0 Å². The number of halogens is 2. The van der Waals surface area contributed by atoms with E-state index in [9.17, 15) is 4.39 Å². The molecule has 1 rings (SSSR count). The molecule has 0 atom stereocenters. The maximum absolute atomic E-state index is 13.2. The van der Waals surface area contributed by atoms with E-state index in [0.717, 1.165) is 5.69 Å². The normalized spacial score (nSPS) is 11.6. The SMILES string of the molecule is CN(c1ccc(Cl)c(F)c1)C(C)(C)C. The van der Waals surface area contributed by atoms with Gasteiger partial charge in [0.05, 0.1) is 5.02 Å². The lowest BCUT2D eigenvalue weighted by Gasteiger charge is -2.34. The Morgan fingerprint density at radius 3 is 2.29 bits per heavy atom. The third kappa shape index (κ3) is 2.38. The second-order valence-electron chi connectivity index (χ2n) is 4.33. The smallest absolute Gasteiger partial charge is 0.143 e. The average molecular weight is 216 g/mol. The zero-order valence-corrected chi connectivity index (χ0v) is 9.69. The summed E-state index contributed by atoms with van der Waals surface area (Å²) in [4.78, 5) is 2.01. The van der Waals surface area contributed by atoms with Crippen LogP contribution in [-0.4, -0.2) is 12.6 Å². The van der Waals surface area contributed by atoms with Crippen LogP contribution in [-0.2, 0) is 0 Å². The van der Waals surface area contributed by atoms with Gasteiger partial charge in [-0.3, -0.25) is 0 Å². The van der Waals surface area contributed by atoms with Crippen LogP contribution in [0.25, 0.3) is 0 Å². The number of anilines is 1. The predicted octanol–water partition coefficient (Wildman–Crippen LogP) is 3.71. The van der Waals surface area contributed by atoms with Crippen LogP contribution in [0.5, 0.6) is 0 Å². The van der Waals surface area contributed by atoms with Gasteiger partial charge in [-0.1, -0.05) is 11.6 Å². The minimum Gasteiger partial charge on any atom is -0.370 e. The summed E-state index contributed by atoms with van der Waals surface area (Å²) in [5.41, 5.74) is 0.805. The van der Waals surface area contributed by atoms with Gasteiger partial charge >= 0.3 is 0 Å². The van der Waals surface area contributed by atoms with Crippen LogP contribution in [0.4, 0.5) is 10.1 Å². The number of benzene rings is 1. The van der Waals surface area contributed by atoms with Crippen molar-refractivity contribution in [3.63, 3.8) is 0 Å². The molecule has 0 aliphatic heterocycles. The highest BCUT2D eigenvalue weighted by molar-refractivity contribution is 6.30. The van der Waals surface area contributed by atoms with Crippen LogP contribution in [0.15, 0.2) is 18.2 Å². The Hall–Kier alpha value is -0.760. The van der Waals surface area contributed by atoms with Gasteiger partial charge in [-0.05, 0) is 39.0 Å².